The van der Waals surface area contributed by atoms with E-state index in [2.05, 4.69) is 19.1 Å². The number of benzene rings is 1. The second-order valence-corrected chi connectivity index (χ2v) is 5.94. The molecule has 2 unspecified atom stereocenters. The Balaban J connectivity index is 0.00000242. The van der Waals surface area contributed by atoms with Gasteiger partial charge in [-0.05, 0) is 31.2 Å². The Kier molecular flexibility index (Phi) is 7.87. The van der Waals surface area contributed by atoms with Crippen LogP contribution in [0.3, 0.4) is 0 Å². The first kappa shape index (κ1) is 18.9. The summed E-state index contributed by atoms with van der Waals surface area (Å²) in [5.41, 5.74) is 7.11. The maximum absolute atomic E-state index is 12.6. The summed E-state index contributed by atoms with van der Waals surface area (Å²) in [5.74, 6) is 0.606. The van der Waals surface area contributed by atoms with Crippen LogP contribution in [0, 0.1) is 5.92 Å². The van der Waals surface area contributed by atoms with Crippen LogP contribution in [-0.4, -0.2) is 37.1 Å². The van der Waals surface area contributed by atoms with E-state index in [9.17, 15) is 4.79 Å². The van der Waals surface area contributed by atoms with Gasteiger partial charge < -0.3 is 15.4 Å². The van der Waals surface area contributed by atoms with E-state index in [1.165, 1.54) is 19.3 Å². The van der Waals surface area contributed by atoms with Crippen molar-refractivity contribution in [2.24, 2.45) is 11.7 Å². The van der Waals surface area contributed by atoms with E-state index < -0.39 is 6.04 Å². The van der Waals surface area contributed by atoms with Crippen LogP contribution in [0.4, 0.5) is 0 Å². The summed E-state index contributed by atoms with van der Waals surface area (Å²) in [5, 5.41) is 0. The quantitative estimate of drug-likeness (QED) is 0.838. The number of carbonyl (C=O) groups is 1. The zero-order valence-corrected chi connectivity index (χ0v) is 14.2. The first-order valence-electron chi connectivity index (χ1n) is 7.73. The van der Waals surface area contributed by atoms with E-state index in [0.29, 0.717) is 5.92 Å². The molecule has 1 fully saturated rings. The van der Waals surface area contributed by atoms with Gasteiger partial charge in [-0.25, -0.2) is 0 Å². The first-order valence-corrected chi connectivity index (χ1v) is 7.73. The number of methoxy groups -OCH3 is 1. The molecule has 1 aromatic carbocycles. The smallest absolute Gasteiger partial charge is 0.242 e. The molecule has 1 aliphatic rings. The predicted molar refractivity (Wildman–Crippen MR) is 91.0 cm³/mol. The molecule has 0 spiro atoms. The highest BCUT2D eigenvalue weighted by Gasteiger charge is 2.30. The van der Waals surface area contributed by atoms with Gasteiger partial charge in [-0.3, -0.25) is 4.79 Å². The Morgan fingerprint density at radius 1 is 1.36 bits per heavy atom. The third-order valence-corrected chi connectivity index (χ3v) is 4.38. The van der Waals surface area contributed by atoms with Crippen LogP contribution in [0.1, 0.15) is 37.8 Å². The van der Waals surface area contributed by atoms with Crippen molar-refractivity contribution in [3.05, 3.63) is 35.9 Å². The molecule has 2 rings (SSSR count). The number of halogens is 1. The second-order valence-electron chi connectivity index (χ2n) is 5.94. The van der Waals surface area contributed by atoms with Crippen LogP contribution in [0.2, 0.25) is 0 Å². The molecule has 0 bridgehead atoms. The van der Waals surface area contributed by atoms with Gasteiger partial charge >= 0.3 is 0 Å². The molecule has 0 saturated heterocycles. The highest BCUT2D eigenvalue weighted by molar-refractivity contribution is 5.85. The molecule has 1 aliphatic carbocycles. The number of hydrogen-bond acceptors (Lipinski definition) is 3. The minimum Gasteiger partial charge on any atom is -0.383 e. The number of hydrogen-bond donors (Lipinski definition) is 1. The van der Waals surface area contributed by atoms with Gasteiger partial charge in [0, 0.05) is 13.7 Å². The lowest BCUT2D eigenvalue weighted by Gasteiger charge is -2.37. The van der Waals surface area contributed by atoms with Gasteiger partial charge in [0.05, 0.1) is 12.6 Å². The minimum atomic E-state index is -0.582. The highest BCUT2D eigenvalue weighted by Crippen LogP contribution is 2.30. The van der Waals surface area contributed by atoms with E-state index in [1.54, 1.807) is 7.11 Å². The van der Waals surface area contributed by atoms with Crippen molar-refractivity contribution in [3.8, 4) is 0 Å². The van der Waals surface area contributed by atoms with E-state index in [-0.39, 0.29) is 31.0 Å². The third kappa shape index (κ3) is 4.70. The molecular weight excluding hydrogens is 300 g/mol. The SMILES string of the molecule is COCC(N)C(=O)N(CC1CCC1)C(C)c1ccccc1.Cl. The van der Waals surface area contributed by atoms with Crippen LogP contribution in [0.5, 0.6) is 0 Å². The van der Waals surface area contributed by atoms with Gasteiger partial charge in [-0.2, -0.15) is 0 Å². The first-order chi connectivity index (χ1) is 10.1. The van der Waals surface area contributed by atoms with E-state index in [0.717, 1.165) is 12.1 Å². The molecule has 2 atom stereocenters. The Hall–Kier alpha value is -1.10. The fourth-order valence-electron chi connectivity index (χ4n) is 2.77. The van der Waals surface area contributed by atoms with Gasteiger partial charge in [-0.15, -0.1) is 12.4 Å². The molecule has 1 aromatic rings. The van der Waals surface area contributed by atoms with Crippen molar-refractivity contribution in [2.75, 3.05) is 20.3 Å². The van der Waals surface area contributed by atoms with Crippen molar-refractivity contribution in [1.82, 2.24) is 4.90 Å². The number of amides is 1. The van der Waals surface area contributed by atoms with E-state index >= 15 is 0 Å². The molecule has 0 aromatic heterocycles. The lowest BCUT2D eigenvalue weighted by atomic mass is 9.84. The standard InChI is InChI=1S/C17H26N2O2.ClH/c1-13(15-9-4-3-5-10-15)19(11-14-7-6-8-14)17(20)16(18)12-21-2;/h3-5,9-10,13-14,16H,6-8,11-12,18H2,1-2H3;1H. The summed E-state index contributed by atoms with van der Waals surface area (Å²) in [6.07, 6.45) is 3.70. The maximum Gasteiger partial charge on any atom is 0.242 e. The molecule has 0 heterocycles. The molecule has 2 N–H and O–H groups in total. The summed E-state index contributed by atoms with van der Waals surface area (Å²) in [6, 6.07) is 9.59. The molecule has 4 nitrogen and oxygen atoms in total. The Morgan fingerprint density at radius 2 is 2.00 bits per heavy atom. The zero-order chi connectivity index (χ0) is 15.2. The Bertz CT molecular complexity index is 451. The summed E-state index contributed by atoms with van der Waals surface area (Å²) >= 11 is 0. The number of nitrogens with zero attached hydrogens (tertiary/aromatic N) is 1. The van der Waals surface area contributed by atoms with E-state index in [1.807, 2.05) is 23.1 Å². The second kappa shape index (κ2) is 9.13. The third-order valence-electron chi connectivity index (χ3n) is 4.38. The summed E-state index contributed by atoms with van der Waals surface area (Å²) in [6.45, 7) is 3.14. The van der Waals surface area contributed by atoms with Crippen molar-refractivity contribution in [2.45, 2.75) is 38.3 Å². The number of carbonyl (C=O) groups excluding carboxylic acids is 1. The summed E-state index contributed by atoms with van der Waals surface area (Å²) < 4.78 is 5.03. The van der Waals surface area contributed by atoms with Crippen LogP contribution < -0.4 is 5.73 Å². The van der Waals surface area contributed by atoms with Crippen molar-refractivity contribution >= 4 is 18.3 Å². The molecule has 22 heavy (non-hydrogen) atoms. The van der Waals surface area contributed by atoms with E-state index in [4.69, 9.17) is 10.5 Å². The summed E-state index contributed by atoms with van der Waals surface area (Å²) in [7, 11) is 1.57. The largest absolute Gasteiger partial charge is 0.383 e. The van der Waals surface area contributed by atoms with Gasteiger partial charge in [0.2, 0.25) is 5.91 Å². The Morgan fingerprint density at radius 3 is 2.50 bits per heavy atom. The highest BCUT2D eigenvalue weighted by atomic mass is 35.5. The molecule has 0 aliphatic heterocycles. The number of ether oxygens (including phenoxy) is 1. The van der Waals surface area contributed by atoms with Gasteiger partial charge in [-0.1, -0.05) is 36.8 Å². The topological polar surface area (TPSA) is 55.6 Å². The molecule has 1 saturated carbocycles. The summed E-state index contributed by atoms with van der Waals surface area (Å²) in [4.78, 5) is 14.6. The molecule has 124 valence electrons. The van der Waals surface area contributed by atoms with Crippen molar-refractivity contribution in [3.63, 3.8) is 0 Å². The molecule has 5 heteroatoms. The minimum absolute atomic E-state index is 0. The average Bonchev–Trinajstić information content (AvgIpc) is 2.46. The monoisotopic (exact) mass is 326 g/mol. The average molecular weight is 327 g/mol. The zero-order valence-electron chi connectivity index (χ0n) is 13.4. The van der Waals surface area contributed by atoms with Crippen LogP contribution in [0.25, 0.3) is 0 Å². The number of rotatable bonds is 7. The Labute approximate surface area is 139 Å². The fourth-order valence-corrected chi connectivity index (χ4v) is 2.77. The van der Waals surface area contributed by atoms with Crippen molar-refractivity contribution < 1.29 is 9.53 Å². The molecule has 1 amide bonds. The predicted octanol–water partition coefficient (Wildman–Crippen LogP) is 2.77. The van der Waals surface area contributed by atoms with Crippen molar-refractivity contribution in [1.29, 1.82) is 0 Å². The fraction of sp³-hybridized carbons (Fsp3) is 0.588. The van der Waals surface area contributed by atoms with Gasteiger partial charge in [0.15, 0.2) is 0 Å². The number of nitrogens with two attached hydrogens (primary N) is 1. The lowest BCUT2D eigenvalue weighted by molar-refractivity contribution is -0.137. The maximum atomic E-state index is 12.6. The van der Waals surface area contributed by atoms with Crippen LogP contribution in [0.15, 0.2) is 30.3 Å². The lowest BCUT2D eigenvalue weighted by Crippen LogP contribution is -2.49. The normalized spacial score (nSPS) is 17.0. The van der Waals surface area contributed by atoms with Crippen LogP contribution in [-0.2, 0) is 9.53 Å². The van der Waals surface area contributed by atoms with Crippen LogP contribution >= 0.6 is 12.4 Å². The molecular formula is C17H27ClN2O2. The van der Waals surface area contributed by atoms with Gasteiger partial charge in [0.25, 0.3) is 0 Å². The van der Waals surface area contributed by atoms with Gasteiger partial charge in [0.1, 0.15) is 6.04 Å². The molecule has 0 radical (unpaired) electrons.